The van der Waals surface area contributed by atoms with Crippen LogP contribution in [0.15, 0.2) is 10.2 Å². The van der Waals surface area contributed by atoms with Gasteiger partial charge in [-0.05, 0) is 4.92 Å². The monoisotopic (exact) mass is 252 g/mol. The van der Waals surface area contributed by atoms with Crippen molar-refractivity contribution in [1.82, 2.24) is 10.2 Å². The number of nitrogens with one attached hydrogen (secondary N) is 2. The second-order valence-electron chi connectivity index (χ2n) is 3.09. The van der Waals surface area contributed by atoms with Gasteiger partial charge in [0.2, 0.25) is 5.69 Å². The number of aromatic nitrogens is 2. The molecule has 12 nitrogen and oxygen atoms in total. The average Bonchev–Trinajstić information content (AvgIpc) is 2.84. The minimum Gasteiger partial charge on any atom is -0.380 e. The molecule has 0 amide bonds. The highest BCUT2D eigenvalue weighted by Crippen LogP contribution is 2.29. The molecule has 4 N–H and O–H groups in total. The highest BCUT2D eigenvalue weighted by Gasteiger charge is 2.38. The number of nitrogens with zero attached hydrogens (tertiary/aromatic N) is 5. The zero-order chi connectivity index (χ0) is 13.4. The normalized spacial score (nSPS) is 14.3. The first kappa shape index (κ1) is 11.3. The molecule has 0 aromatic carbocycles. The van der Waals surface area contributed by atoms with Gasteiger partial charge < -0.3 is 15.8 Å². The Morgan fingerprint density at radius 3 is 2.33 bits per heavy atom. The van der Waals surface area contributed by atoms with Crippen LogP contribution >= 0.6 is 0 Å². The first-order valence-corrected chi connectivity index (χ1v) is 4.31. The summed E-state index contributed by atoms with van der Waals surface area (Å²) < 4.78 is 0. The van der Waals surface area contributed by atoms with E-state index >= 15 is 0 Å². The number of amidine groups is 1. The van der Waals surface area contributed by atoms with Crippen molar-refractivity contribution in [2.45, 2.75) is 0 Å². The highest BCUT2D eigenvalue weighted by atomic mass is 16.6. The molecule has 92 valence electrons. The summed E-state index contributed by atoms with van der Waals surface area (Å²) in [6.45, 7) is 0. The van der Waals surface area contributed by atoms with Crippen LogP contribution in [0.3, 0.4) is 0 Å². The van der Waals surface area contributed by atoms with Crippen LogP contribution in [0, 0.1) is 25.6 Å². The molecule has 0 aliphatic carbocycles. The van der Waals surface area contributed by atoms with E-state index in [2.05, 4.69) is 15.3 Å². The van der Waals surface area contributed by atoms with Gasteiger partial charge in [-0.25, -0.2) is 0 Å². The Balaban J connectivity index is 2.58. The van der Waals surface area contributed by atoms with Gasteiger partial charge in [0, 0.05) is 0 Å². The SMILES string of the molecule is N=C1C(N)=NN=C1c1n[nH]c([N+](=O)[O-])c1[N+](=O)[O-]. The van der Waals surface area contributed by atoms with Crippen molar-refractivity contribution in [1.29, 1.82) is 5.41 Å². The molecule has 1 aromatic heterocycles. The molecule has 12 heteroatoms. The first-order valence-electron chi connectivity index (χ1n) is 4.31. The second kappa shape index (κ2) is 3.69. The zero-order valence-electron chi connectivity index (χ0n) is 8.45. The lowest BCUT2D eigenvalue weighted by Gasteiger charge is -1.94. The van der Waals surface area contributed by atoms with E-state index in [1.54, 1.807) is 0 Å². The van der Waals surface area contributed by atoms with Gasteiger partial charge in [0.15, 0.2) is 11.5 Å². The fourth-order valence-electron chi connectivity index (χ4n) is 1.28. The quantitative estimate of drug-likeness (QED) is 0.471. The van der Waals surface area contributed by atoms with Gasteiger partial charge in [0.05, 0.1) is 4.92 Å². The van der Waals surface area contributed by atoms with Crippen LogP contribution in [0.5, 0.6) is 0 Å². The van der Waals surface area contributed by atoms with E-state index in [1.165, 1.54) is 0 Å². The van der Waals surface area contributed by atoms with Crippen molar-refractivity contribution >= 4 is 28.8 Å². The molecular formula is C6H4N8O4. The van der Waals surface area contributed by atoms with Crippen molar-refractivity contribution in [2.75, 3.05) is 0 Å². The van der Waals surface area contributed by atoms with E-state index in [4.69, 9.17) is 11.1 Å². The highest BCUT2D eigenvalue weighted by molar-refractivity contribution is 6.71. The van der Waals surface area contributed by atoms with Gasteiger partial charge in [0.1, 0.15) is 5.71 Å². The third kappa shape index (κ3) is 1.48. The van der Waals surface area contributed by atoms with Gasteiger partial charge in [-0.1, -0.05) is 5.10 Å². The van der Waals surface area contributed by atoms with E-state index in [1.807, 2.05) is 5.10 Å². The minimum absolute atomic E-state index is 0.245. The summed E-state index contributed by atoms with van der Waals surface area (Å²) >= 11 is 0. The molecular weight excluding hydrogens is 248 g/mol. The van der Waals surface area contributed by atoms with E-state index in [-0.39, 0.29) is 17.3 Å². The Bertz CT molecular complexity index is 640. The fraction of sp³-hybridized carbons (Fsp3) is 0. The molecule has 0 fully saturated rings. The van der Waals surface area contributed by atoms with Crippen molar-refractivity contribution in [2.24, 2.45) is 15.9 Å². The van der Waals surface area contributed by atoms with Crippen LogP contribution in [-0.2, 0) is 0 Å². The van der Waals surface area contributed by atoms with Crippen LogP contribution in [0.2, 0.25) is 0 Å². The number of hydrogen-bond acceptors (Lipinski definition) is 9. The molecule has 1 aliphatic rings. The molecule has 0 bridgehead atoms. The molecule has 0 unspecified atom stereocenters. The molecule has 0 atom stereocenters. The van der Waals surface area contributed by atoms with Crippen molar-refractivity contribution in [3.63, 3.8) is 0 Å². The van der Waals surface area contributed by atoms with E-state index < -0.39 is 27.0 Å². The van der Waals surface area contributed by atoms with Crippen molar-refractivity contribution in [3.8, 4) is 0 Å². The minimum atomic E-state index is -0.988. The standard InChI is InChI=1S/C6H4N8O4/c7-1-2(9-11-5(1)8)3-4(13(15)16)6(12-10-3)14(17)18/h(H,10,12)(H3,7,8,11). The maximum absolute atomic E-state index is 10.8. The molecule has 2 heterocycles. The number of rotatable bonds is 3. The Hall–Kier alpha value is -3.18. The van der Waals surface area contributed by atoms with Gasteiger partial charge in [0.25, 0.3) is 0 Å². The number of nitrogens with two attached hydrogens (primary N) is 1. The van der Waals surface area contributed by atoms with E-state index in [0.717, 1.165) is 0 Å². The van der Waals surface area contributed by atoms with Gasteiger partial charge in [-0.3, -0.25) is 15.5 Å². The molecule has 2 rings (SSSR count). The molecule has 0 saturated heterocycles. The van der Waals surface area contributed by atoms with Crippen LogP contribution in [0.1, 0.15) is 5.69 Å². The smallest absolute Gasteiger partial charge is 0.380 e. The van der Waals surface area contributed by atoms with Crippen LogP contribution in [0.25, 0.3) is 0 Å². The predicted octanol–water partition coefficient (Wildman–Crippen LogP) is -0.679. The van der Waals surface area contributed by atoms with Gasteiger partial charge in [-0.2, -0.15) is 0 Å². The largest absolute Gasteiger partial charge is 0.422 e. The van der Waals surface area contributed by atoms with E-state index in [9.17, 15) is 20.2 Å². The Labute approximate surface area is 97.0 Å². The molecule has 0 saturated carbocycles. The first-order chi connectivity index (χ1) is 8.43. The number of hydrogen-bond donors (Lipinski definition) is 3. The third-order valence-electron chi connectivity index (χ3n) is 2.06. The Morgan fingerprint density at radius 2 is 1.89 bits per heavy atom. The lowest BCUT2D eigenvalue weighted by Crippen LogP contribution is -2.27. The second-order valence-corrected chi connectivity index (χ2v) is 3.09. The summed E-state index contributed by atoms with van der Waals surface area (Å²) in [6, 6.07) is 0. The molecule has 1 aromatic rings. The van der Waals surface area contributed by atoms with Gasteiger partial charge in [-0.15, -0.1) is 15.3 Å². The predicted molar refractivity (Wildman–Crippen MR) is 57.8 cm³/mol. The average molecular weight is 252 g/mol. The zero-order valence-corrected chi connectivity index (χ0v) is 8.45. The van der Waals surface area contributed by atoms with Crippen LogP contribution in [-0.4, -0.2) is 37.3 Å². The molecule has 1 aliphatic heterocycles. The number of H-pyrrole nitrogens is 1. The summed E-state index contributed by atoms with van der Waals surface area (Å²) in [7, 11) is 0. The summed E-state index contributed by atoms with van der Waals surface area (Å²) in [5.74, 6) is -1.14. The lowest BCUT2D eigenvalue weighted by atomic mass is 10.1. The summed E-state index contributed by atoms with van der Waals surface area (Å²) in [4.78, 5) is 19.4. The molecule has 0 spiro atoms. The molecule has 18 heavy (non-hydrogen) atoms. The fourth-order valence-corrected chi connectivity index (χ4v) is 1.28. The third-order valence-corrected chi connectivity index (χ3v) is 2.06. The summed E-state index contributed by atoms with van der Waals surface area (Å²) in [5.41, 5.74) is 3.28. The Morgan fingerprint density at radius 1 is 1.22 bits per heavy atom. The van der Waals surface area contributed by atoms with Crippen LogP contribution < -0.4 is 5.73 Å². The van der Waals surface area contributed by atoms with Gasteiger partial charge >= 0.3 is 11.5 Å². The van der Waals surface area contributed by atoms with Crippen molar-refractivity contribution < 1.29 is 9.85 Å². The number of aromatic amines is 1. The maximum atomic E-state index is 10.8. The van der Waals surface area contributed by atoms with Crippen molar-refractivity contribution in [3.05, 3.63) is 25.9 Å². The summed E-state index contributed by atoms with van der Waals surface area (Å²) in [6.07, 6.45) is 0. The maximum Gasteiger partial charge on any atom is 0.422 e. The van der Waals surface area contributed by atoms with Crippen LogP contribution in [0.4, 0.5) is 11.5 Å². The van der Waals surface area contributed by atoms with E-state index in [0.29, 0.717) is 0 Å². The lowest BCUT2D eigenvalue weighted by molar-refractivity contribution is -0.424. The topological polar surface area (TPSA) is 190 Å². The molecule has 0 radical (unpaired) electrons. The Kier molecular flexibility index (Phi) is 2.32. The summed E-state index contributed by atoms with van der Waals surface area (Å²) in [5, 5.41) is 40.9. The number of nitro groups is 2.